The van der Waals surface area contributed by atoms with Crippen LogP contribution in [0.5, 0.6) is 0 Å². The Kier molecular flexibility index (Phi) is 3.86. The molecule has 0 radical (unpaired) electrons. The molecule has 1 aromatic heterocycles. The maximum atomic E-state index is 11.4. The van der Waals surface area contributed by atoms with Crippen LogP contribution in [0.1, 0.15) is 45.4 Å². The molecule has 14 heavy (non-hydrogen) atoms. The van der Waals surface area contributed by atoms with Gasteiger partial charge in [-0.1, -0.05) is 20.8 Å². The van der Waals surface area contributed by atoms with Gasteiger partial charge in [-0.25, -0.2) is 4.98 Å². The first kappa shape index (κ1) is 11.0. The van der Waals surface area contributed by atoms with E-state index in [9.17, 15) is 4.79 Å². The Bertz CT molecular complexity index is 302. The van der Waals surface area contributed by atoms with Crippen molar-refractivity contribution in [1.82, 2.24) is 9.55 Å². The molecule has 0 atom stereocenters. The lowest BCUT2D eigenvalue weighted by Crippen LogP contribution is -2.12. The summed E-state index contributed by atoms with van der Waals surface area (Å²) in [6.07, 6.45) is 5.22. The summed E-state index contributed by atoms with van der Waals surface area (Å²) in [6.45, 7) is 6.67. The molecule has 1 aromatic rings. The minimum Gasteiger partial charge on any atom is -0.327 e. The largest absolute Gasteiger partial charge is 0.327 e. The quantitative estimate of drug-likeness (QED) is 0.721. The average molecular weight is 194 g/mol. The number of Topliss-reactive ketones (excluding diaryl/α,β-unsaturated/α-hetero) is 1. The van der Waals surface area contributed by atoms with Gasteiger partial charge in [0.05, 0.1) is 6.54 Å². The summed E-state index contributed by atoms with van der Waals surface area (Å²) < 4.78 is 1.95. The van der Waals surface area contributed by atoms with Gasteiger partial charge in [0, 0.05) is 24.7 Å². The second kappa shape index (κ2) is 4.94. The molecule has 0 saturated heterocycles. The molecule has 0 bridgehead atoms. The van der Waals surface area contributed by atoms with E-state index in [2.05, 4.69) is 18.8 Å². The second-order valence-electron chi connectivity index (χ2n) is 3.86. The molecular formula is C11H18N2O. The van der Waals surface area contributed by atoms with E-state index in [1.165, 1.54) is 0 Å². The van der Waals surface area contributed by atoms with Crippen LogP contribution < -0.4 is 0 Å². The van der Waals surface area contributed by atoms with Gasteiger partial charge in [0.1, 0.15) is 5.82 Å². The van der Waals surface area contributed by atoms with Gasteiger partial charge in [-0.2, -0.15) is 0 Å². The van der Waals surface area contributed by atoms with Crippen LogP contribution >= 0.6 is 0 Å². The molecule has 3 heteroatoms. The Balaban J connectivity index is 2.66. The zero-order valence-corrected chi connectivity index (χ0v) is 9.16. The summed E-state index contributed by atoms with van der Waals surface area (Å²) in [6, 6.07) is 0. The van der Waals surface area contributed by atoms with Crippen molar-refractivity contribution < 1.29 is 4.79 Å². The topological polar surface area (TPSA) is 34.9 Å². The van der Waals surface area contributed by atoms with Crippen molar-refractivity contribution in [3.8, 4) is 0 Å². The number of imidazole rings is 1. The molecule has 78 valence electrons. The van der Waals surface area contributed by atoms with Crippen molar-refractivity contribution in [3.05, 3.63) is 18.2 Å². The highest BCUT2D eigenvalue weighted by molar-refractivity contribution is 5.78. The molecule has 0 aliphatic rings. The third-order valence-corrected chi connectivity index (χ3v) is 2.14. The summed E-state index contributed by atoms with van der Waals surface area (Å²) >= 11 is 0. The van der Waals surface area contributed by atoms with Crippen LogP contribution in [-0.4, -0.2) is 15.3 Å². The lowest BCUT2D eigenvalue weighted by molar-refractivity contribution is -0.119. The Morgan fingerprint density at radius 2 is 2.29 bits per heavy atom. The normalized spacial score (nSPS) is 10.9. The van der Waals surface area contributed by atoms with Crippen LogP contribution in [0.15, 0.2) is 12.4 Å². The third kappa shape index (κ3) is 2.69. The standard InChI is InChI=1S/C11H18N2O/c1-4-5-10(14)8-13-7-6-12-11(13)9(2)3/h6-7,9H,4-5,8H2,1-3H3. The first-order chi connectivity index (χ1) is 6.65. The first-order valence-electron chi connectivity index (χ1n) is 5.17. The molecule has 0 unspecified atom stereocenters. The molecule has 3 nitrogen and oxygen atoms in total. The summed E-state index contributed by atoms with van der Waals surface area (Å²) in [7, 11) is 0. The van der Waals surface area contributed by atoms with Gasteiger partial charge in [-0.3, -0.25) is 4.79 Å². The zero-order valence-electron chi connectivity index (χ0n) is 9.16. The first-order valence-corrected chi connectivity index (χ1v) is 5.17. The Morgan fingerprint density at radius 1 is 1.57 bits per heavy atom. The van der Waals surface area contributed by atoms with Gasteiger partial charge in [0.15, 0.2) is 5.78 Å². The van der Waals surface area contributed by atoms with Crippen molar-refractivity contribution in [1.29, 1.82) is 0 Å². The highest BCUT2D eigenvalue weighted by atomic mass is 16.1. The highest BCUT2D eigenvalue weighted by Gasteiger charge is 2.09. The molecule has 0 aromatic carbocycles. The van der Waals surface area contributed by atoms with Crippen molar-refractivity contribution in [3.63, 3.8) is 0 Å². The van der Waals surface area contributed by atoms with E-state index in [4.69, 9.17) is 0 Å². The average Bonchev–Trinajstić information content (AvgIpc) is 2.52. The van der Waals surface area contributed by atoms with Gasteiger partial charge in [0.2, 0.25) is 0 Å². The molecule has 0 aliphatic heterocycles. The molecule has 0 fully saturated rings. The number of rotatable bonds is 5. The molecule has 0 amide bonds. The lowest BCUT2D eigenvalue weighted by Gasteiger charge is -2.08. The predicted octanol–water partition coefficient (Wildman–Crippen LogP) is 2.38. The summed E-state index contributed by atoms with van der Waals surface area (Å²) in [5.74, 6) is 1.65. The van der Waals surface area contributed by atoms with Gasteiger partial charge in [-0.15, -0.1) is 0 Å². The number of ketones is 1. The molecule has 0 spiro atoms. The van der Waals surface area contributed by atoms with E-state index in [0.29, 0.717) is 18.9 Å². The Morgan fingerprint density at radius 3 is 2.86 bits per heavy atom. The van der Waals surface area contributed by atoms with E-state index in [-0.39, 0.29) is 5.78 Å². The van der Waals surface area contributed by atoms with Crippen molar-refractivity contribution in [2.24, 2.45) is 0 Å². The zero-order chi connectivity index (χ0) is 10.6. The second-order valence-corrected chi connectivity index (χ2v) is 3.86. The maximum absolute atomic E-state index is 11.4. The fourth-order valence-corrected chi connectivity index (χ4v) is 1.50. The van der Waals surface area contributed by atoms with Gasteiger partial charge in [-0.05, 0) is 6.42 Å². The van der Waals surface area contributed by atoms with Crippen molar-refractivity contribution in [2.45, 2.75) is 46.1 Å². The molecule has 0 N–H and O–H groups in total. The van der Waals surface area contributed by atoms with Crippen LogP contribution in [0.3, 0.4) is 0 Å². The van der Waals surface area contributed by atoms with E-state index >= 15 is 0 Å². The summed E-state index contributed by atoms with van der Waals surface area (Å²) in [5, 5.41) is 0. The number of hydrogen-bond donors (Lipinski definition) is 0. The molecule has 0 saturated carbocycles. The monoisotopic (exact) mass is 194 g/mol. The van der Waals surface area contributed by atoms with E-state index in [0.717, 1.165) is 12.2 Å². The third-order valence-electron chi connectivity index (χ3n) is 2.14. The van der Waals surface area contributed by atoms with Crippen molar-refractivity contribution >= 4 is 5.78 Å². The maximum Gasteiger partial charge on any atom is 0.152 e. The smallest absolute Gasteiger partial charge is 0.152 e. The highest BCUT2D eigenvalue weighted by Crippen LogP contribution is 2.11. The molecule has 1 heterocycles. The van der Waals surface area contributed by atoms with Crippen LogP contribution in [0.25, 0.3) is 0 Å². The Labute approximate surface area is 85.2 Å². The molecular weight excluding hydrogens is 176 g/mol. The fraction of sp³-hybridized carbons (Fsp3) is 0.636. The molecule has 0 aliphatic carbocycles. The summed E-state index contributed by atoms with van der Waals surface area (Å²) in [4.78, 5) is 15.7. The number of nitrogens with zero attached hydrogens (tertiary/aromatic N) is 2. The fourth-order valence-electron chi connectivity index (χ4n) is 1.50. The minimum absolute atomic E-state index is 0.285. The summed E-state index contributed by atoms with van der Waals surface area (Å²) in [5.41, 5.74) is 0. The van der Waals surface area contributed by atoms with Crippen LogP contribution in [0.4, 0.5) is 0 Å². The van der Waals surface area contributed by atoms with Gasteiger partial charge in [0.25, 0.3) is 0 Å². The number of aromatic nitrogens is 2. The Hall–Kier alpha value is -1.12. The number of hydrogen-bond acceptors (Lipinski definition) is 2. The van der Waals surface area contributed by atoms with Crippen LogP contribution in [0.2, 0.25) is 0 Å². The van der Waals surface area contributed by atoms with E-state index in [1.54, 1.807) is 6.20 Å². The van der Waals surface area contributed by atoms with Crippen LogP contribution in [-0.2, 0) is 11.3 Å². The minimum atomic E-state index is 0.285. The lowest BCUT2D eigenvalue weighted by atomic mass is 10.2. The van der Waals surface area contributed by atoms with E-state index < -0.39 is 0 Å². The van der Waals surface area contributed by atoms with Gasteiger partial charge < -0.3 is 4.57 Å². The number of carbonyl (C=O) groups excluding carboxylic acids is 1. The van der Waals surface area contributed by atoms with E-state index in [1.807, 2.05) is 17.7 Å². The molecule has 1 rings (SSSR count). The SMILES string of the molecule is CCCC(=O)Cn1ccnc1C(C)C. The number of carbonyl (C=O) groups is 1. The van der Waals surface area contributed by atoms with Crippen molar-refractivity contribution in [2.75, 3.05) is 0 Å². The van der Waals surface area contributed by atoms with Gasteiger partial charge >= 0.3 is 0 Å². The van der Waals surface area contributed by atoms with Crippen LogP contribution in [0, 0.1) is 0 Å². The predicted molar refractivity (Wildman–Crippen MR) is 56.2 cm³/mol.